The summed E-state index contributed by atoms with van der Waals surface area (Å²) in [6.45, 7) is 1.94. The maximum absolute atomic E-state index is 5.71. The topological polar surface area (TPSA) is 64.7 Å². The molecule has 0 aliphatic carbocycles. The molecule has 0 bridgehead atoms. The van der Waals surface area contributed by atoms with Crippen molar-refractivity contribution in [2.45, 2.75) is 6.92 Å². The number of hydrogen-bond acceptors (Lipinski definition) is 4. The van der Waals surface area contributed by atoms with Crippen LogP contribution in [0, 0.1) is 10.5 Å². The van der Waals surface area contributed by atoms with Crippen molar-refractivity contribution in [3.05, 3.63) is 33.8 Å². The average molecular weight is 312 g/mol. The minimum Gasteiger partial charge on any atom is -0.383 e. The highest BCUT2D eigenvalue weighted by atomic mass is 127. The molecule has 0 saturated carbocycles. The van der Waals surface area contributed by atoms with Crippen LogP contribution in [0.15, 0.2) is 24.5 Å². The minimum atomic E-state index is 0.501. The number of halogens is 1. The summed E-state index contributed by atoms with van der Waals surface area (Å²) < 4.78 is 0.858. The Labute approximate surface area is 101 Å². The van der Waals surface area contributed by atoms with Crippen molar-refractivity contribution in [2.24, 2.45) is 0 Å². The van der Waals surface area contributed by atoms with Gasteiger partial charge >= 0.3 is 0 Å². The first-order valence-corrected chi connectivity index (χ1v) is 5.46. The van der Waals surface area contributed by atoms with E-state index in [1.165, 1.54) is 0 Å². The number of nitrogens with two attached hydrogens (primary N) is 1. The molecule has 2 N–H and O–H groups in total. The third kappa shape index (κ3) is 2.23. The van der Waals surface area contributed by atoms with Crippen molar-refractivity contribution in [1.82, 2.24) is 15.0 Å². The zero-order valence-electron chi connectivity index (χ0n) is 8.11. The fourth-order valence-corrected chi connectivity index (χ4v) is 1.38. The summed E-state index contributed by atoms with van der Waals surface area (Å²) in [5.74, 6) is 1.11. The van der Waals surface area contributed by atoms with Crippen LogP contribution in [-0.2, 0) is 0 Å². The van der Waals surface area contributed by atoms with Crippen LogP contribution in [0.1, 0.15) is 5.69 Å². The van der Waals surface area contributed by atoms with E-state index in [2.05, 4.69) is 37.5 Å². The van der Waals surface area contributed by atoms with Gasteiger partial charge in [-0.05, 0) is 41.6 Å². The van der Waals surface area contributed by atoms with Gasteiger partial charge in [0.1, 0.15) is 5.82 Å². The van der Waals surface area contributed by atoms with Gasteiger partial charge in [0.05, 0.1) is 3.57 Å². The molecule has 0 unspecified atom stereocenters. The standard InChI is InChI=1S/C10H9IN4/c1-6-2-3-7(4-13-6)10-14-5-8(11)9(12)15-10/h2-5H,1H3,(H2,12,14,15). The normalized spacial score (nSPS) is 10.3. The fourth-order valence-electron chi connectivity index (χ4n) is 1.12. The summed E-state index contributed by atoms with van der Waals surface area (Å²) in [6, 6.07) is 3.86. The molecule has 0 aliphatic rings. The van der Waals surface area contributed by atoms with Crippen LogP contribution < -0.4 is 5.73 Å². The van der Waals surface area contributed by atoms with Crippen LogP contribution in [0.5, 0.6) is 0 Å². The van der Waals surface area contributed by atoms with E-state index in [1.807, 2.05) is 19.1 Å². The number of aryl methyl sites for hydroxylation is 1. The van der Waals surface area contributed by atoms with Crippen molar-refractivity contribution in [3.63, 3.8) is 0 Å². The van der Waals surface area contributed by atoms with Crippen molar-refractivity contribution in [1.29, 1.82) is 0 Å². The molecule has 2 aromatic heterocycles. The van der Waals surface area contributed by atoms with Crippen LogP contribution in [0.3, 0.4) is 0 Å². The molecule has 0 atom stereocenters. The Bertz CT molecular complexity index is 481. The third-order valence-corrected chi connectivity index (χ3v) is 2.77. The molecule has 4 nitrogen and oxygen atoms in total. The first-order chi connectivity index (χ1) is 7.16. The number of aromatic nitrogens is 3. The van der Waals surface area contributed by atoms with Crippen LogP contribution >= 0.6 is 22.6 Å². The molecule has 15 heavy (non-hydrogen) atoms. The molecule has 2 aromatic rings. The number of rotatable bonds is 1. The first-order valence-electron chi connectivity index (χ1n) is 4.38. The van der Waals surface area contributed by atoms with E-state index >= 15 is 0 Å². The fraction of sp³-hybridized carbons (Fsp3) is 0.100. The second-order valence-electron chi connectivity index (χ2n) is 3.12. The lowest BCUT2D eigenvalue weighted by atomic mass is 10.2. The van der Waals surface area contributed by atoms with Gasteiger partial charge in [0, 0.05) is 23.7 Å². The molecule has 2 rings (SSSR count). The van der Waals surface area contributed by atoms with Gasteiger partial charge in [0.2, 0.25) is 0 Å². The van der Waals surface area contributed by atoms with Crippen LogP contribution in [-0.4, -0.2) is 15.0 Å². The second-order valence-corrected chi connectivity index (χ2v) is 4.28. The largest absolute Gasteiger partial charge is 0.383 e. The Hall–Kier alpha value is -1.24. The van der Waals surface area contributed by atoms with Gasteiger partial charge in [-0.2, -0.15) is 0 Å². The highest BCUT2D eigenvalue weighted by molar-refractivity contribution is 14.1. The SMILES string of the molecule is Cc1ccc(-c2ncc(I)c(N)n2)cn1. The van der Waals surface area contributed by atoms with Crippen molar-refractivity contribution in [2.75, 3.05) is 5.73 Å². The summed E-state index contributed by atoms with van der Waals surface area (Å²) in [7, 11) is 0. The van der Waals surface area contributed by atoms with Gasteiger partial charge in [0.25, 0.3) is 0 Å². The van der Waals surface area contributed by atoms with Crippen LogP contribution in [0.2, 0.25) is 0 Å². The highest BCUT2D eigenvalue weighted by Crippen LogP contribution is 2.17. The van der Waals surface area contributed by atoms with Gasteiger partial charge in [-0.15, -0.1) is 0 Å². The molecule has 0 saturated heterocycles. The van der Waals surface area contributed by atoms with Gasteiger partial charge in [-0.1, -0.05) is 0 Å². The zero-order valence-corrected chi connectivity index (χ0v) is 10.3. The van der Waals surface area contributed by atoms with E-state index in [-0.39, 0.29) is 0 Å². The maximum atomic E-state index is 5.71. The second kappa shape index (κ2) is 4.09. The molecule has 0 fully saturated rings. The molecule has 5 heteroatoms. The summed E-state index contributed by atoms with van der Waals surface area (Å²) in [5.41, 5.74) is 7.56. The predicted molar refractivity (Wildman–Crippen MR) is 67.1 cm³/mol. The Kier molecular flexibility index (Phi) is 2.81. The van der Waals surface area contributed by atoms with Gasteiger partial charge in [-0.25, -0.2) is 9.97 Å². The molecular formula is C10H9IN4. The zero-order chi connectivity index (χ0) is 10.8. The monoisotopic (exact) mass is 312 g/mol. The lowest BCUT2D eigenvalue weighted by molar-refractivity contribution is 1.14. The van der Waals surface area contributed by atoms with Gasteiger partial charge < -0.3 is 5.73 Å². The summed E-state index contributed by atoms with van der Waals surface area (Å²) >= 11 is 2.10. The van der Waals surface area contributed by atoms with Crippen molar-refractivity contribution < 1.29 is 0 Å². The molecule has 0 amide bonds. The van der Waals surface area contributed by atoms with E-state index in [9.17, 15) is 0 Å². The maximum Gasteiger partial charge on any atom is 0.163 e. The molecule has 76 valence electrons. The number of nitrogen functional groups attached to an aromatic ring is 1. The molecule has 0 aliphatic heterocycles. The molecule has 0 spiro atoms. The van der Waals surface area contributed by atoms with Gasteiger partial charge in [-0.3, -0.25) is 4.98 Å². The Morgan fingerprint density at radius 2 is 2.00 bits per heavy atom. The number of anilines is 1. The third-order valence-electron chi connectivity index (χ3n) is 1.94. The van der Waals surface area contributed by atoms with E-state index in [0.717, 1.165) is 14.8 Å². The predicted octanol–water partition coefficient (Wildman–Crippen LogP) is 2.03. The van der Waals surface area contributed by atoms with Crippen LogP contribution in [0.4, 0.5) is 5.82 Å². The number of pyridine rings is 1. The van der Waals surface area contributed by atoms with E-state index in [0.29, 0.717) is 11.6 Å². The number of nitrogens with zero attached hydrogens (tertiary/aromatic N) is 3. The Morgan fingerprint density at radius 1 is 1.20 bits per heavy atom. The van der Waals surface area contributed by atoms with Crippen molar-refractivity contribution >= 4 is 28.4 Å². The number of hydrogen-bond donors (Lipinski definition) is 1. The molecule has 0 aromatic carbocycles. The van der Waals surface area contributed by atoms with Gasteiger partial charge in [0.15, 0.2) is 5.82 Å². The van der Waals surface area contributed by atoms with E-state index < -0.39 is 0 Å². The van der Waals surface area contributed by atoms with Crippen molar-refractivity contribution in [3.8, 4) is 11.4 Å². The Morgan fingerprint density at radius 3 is 2.60 bits per heavy atom. The van der Waals surface area contributed by atoms with Crippen LogP contribution in [0.25, 0.3) is 11.4 Å². The summed E-state index contributed by atoms with van der Waals surface area (Å²) in [6.07, 6.45) is 3.45. The van der Waals surface area contributed by atoms with E-state index in [1.54, 1.807) is 12.4 Å². The molecular weight excluding hydrogens is 303 g/mol. The molecule has 0 radical (unpaired) electrons. The smallest absolute Gasteiger partial charge is 0.163 e. The lowest BCUT2D eigenvalue weighted by Crippen LogP contribution is -1.98. The average Bonchev–Trinajstić information content (AvgIpc) is 2.23. The quantitative estimate of drug-likeness (QED) is 0.818. The minimum absolute atomic E-state index is 0.501. The van der Waals surface area contributed by atoms with E-state index in [4.69, 9.17) is 5.73 Å². The molecule has 2 heterocycles. The lowest BCUT2D eigenvalue weighted by Gasteiger charge is -2.02. The first kappa shape index (κ1) is 10.3. The Balaban J connectivity index is 2.45. The summed E-state index contributed by atoms with van der Waals surface area (Å²) in [4.78, 5) is 12.6. The summed E-state index contributed by atoms with van der Waals surface area (Å²) in [5, 5.41) is 0. The highest BCUT2D eigenvalue weighted by Gasteiger charge is 2.04.